The first-order valence-corrected chi connectivity index (χ1v) is 5.23. The van der Waals surface area contributed by atoms with E-state index in [-0.39, 0.29) is 0 Å². The van der Waals surface area contributed by atoms with Crippen LogP contribution in [0.1, 0.15) is 20.2 Å². The van der Waals surface area contributed by atoms with Crippen molar-refractivity contribution in [2.24, 2.45) is 5.73 Å². The fourth-order valence-corrected chi connectivity index (χ4v) is 1.91. The van der Waals surface area contributed by atoms with E-state index in [4.69, 9.17) is 5.73 Å². The summed E-state index contributed by atoms with van der Waals surface area (Å²) in [5.41, 5.74) is 6.20. The van der Waals surface area contributed by atoms with Crippen LogP contribution >= 0.6 is 11.3 Å². The molecule has 0 spiro atoms. The summed E-state index contributed by atoms with van der Waals surface area (Å²) in [7, 11) is 0. The van der Waals surface area contributed by atoms with Crippen LogP contribution in [0.2, 0.25) is 0 Å². The molecule has 0 unspecified atom stereocenters. The van der Waals surface area contributed by atoms with Crippen LogP contribution in [-0.2, 0) is 0 Å². The maximum Gasteiger partial charge on any atom is 0.277 e. The molecule has 1 aromatic heterocycles. The van der Waals surface area contributed by atoms with E-state index in [1.165, 1.54) is 11.3 Å². The lowest BCUT2D eigenvalue weighted by molar-refractivity contribution is 0.1000. The van der Waals surface area contributed by atoms with Gasteiger partial charge in [-0.3, -0.25) is 4.79 Å². The smallest absolute Gasteiger partial charge is 0.277 e. The Bertz CT molecular complexity index is 464. The highest BCUT2D eigenvalue weighted by Gasteiger charge is 2.07. The van der Waals surface area contributed by atoms with Gasteiger partial charge in [0.1, 0.15) is 0 Å². The summed E-state index contributed by atoms with van der Waals surface area (Å²) < 4.78 is 0. The highest BCUT2D eigenvalue weighted by Crippen LogP contribution is 2.18. The lowest BCUT2D eigenvalue weighted by Gasteiger charge is -1.95. The van der Waals surface area contributed by atoms with Crippen LogP contribution in [0.3, 0.4) is 0 Å². The lowest BCUT2D eigenvalue weighted by Crippen LogP contribution is -2.09. The average Bonchev–Trinajstić information content (AvgIpc) is 2.68. The topological polar surface area (TPSA) is 56.0 Å². The molecule has 2 aromatic rings. The molecule has 2 rings (SSSR count). The zero-order valence-electron chi connectivity index (χ0n) is 7.88. The van der Waals surface area contributed by atoms with Crippen molar-refractivity contribution in [3.05, 3.63) is 58.4 Å². The first kappa shape index (κ1) is 9.86. The van der Waals surface area contributed by atoms with Crippen molar-refractivity contribution >= 4 is 17.2 Å². The van der Waals surface area contributed by atoms with Crippen molar-refractivity contribution in [1.82, 2.24) is 4.98 Å². The third-order valence-electron chi connectivity index (χ3n) is 1.84. The summed E-state index contributed by atoms with van der Waals surface area (Å²) in [6, 6.07) is 9.86. The minimum atomic E-state index is -0.479. The summed E-state index contributed by atoms with van der Waals surface area (Å²) in [5, 5.41) is 0.345. The molecule has 15 heavy (non-hydrogen) atoms. The molecule has 0 saturated carbocycles. The Kier molecular flexibility index (Phi) is 2.78. The number of nitrogens with zero attached hydrogens (tertiary/aromatic N) is 1. The fourth-order valence-electron chi connectivity index (χ4n) is 1.18. The molecule has 3 nitrogen and oxygen atoms in total. The molecule has 0 aliphatic heterocycles. The van der Waals surface area contributed by atoms with Crippen LogP contribution in [0.25, 0.3) is 0 Å². The van der Waals surface area contributed by atoms with Gasteiger partial charge in [0.2, 0.25) is 0 Å². The van der Waals surface area contributed by atoms with Gasteiger partial charge in [0.05, 0.1) is 0 Å². The fraction of sp³-hybridized carbons (Fsp3) is 0. The first-order chi connectivity index (χ1) is 7.25. The zero-order valence-corrected chi connectivity index (χ0v) is 8.70. The van der Waals surface area contributed by atoms with Gasteiger partial charge >= 0.3 is 0 Å². The summed E-state index contributed by atoms with van der Waals surface area (Å²) >= 11 is 1.29. The number of aromatic nitrogens is 1. The van der Waals surface area contributed by atoms with Gasteiger partial charge in [-0.15, -0.1) is 11.3 Å². The summed E-state index contributed by atoms with van der Waals surface area (Å²) in [6.07, 6.45) is 3.61. The van der Waals surface area contributed by atoms with E-state index < -0.39 is 5.91 Å². The average molecular weight is 217 g/mol. The molecule has 1 aromatic carbocycles. The van der Waals surface area contributed by atoms with E-state index in [2.05, 4.69) is 4.98 Å². The normalized spacial score (nSPS) is 10.1. The number of carbonyl (C=O) groups excluding carboxylic acids is 1. The highest BCUT2D eigenvalue weighted by atomic mass is 32.1. The van der Waals surface area contributed by atoms with E-state index in [9.17, 15) is 4.79 Å². The predicted molar refractivity (Wildman–Crippen MR) is 59.6 cm³/mol. The number of carbonyl (C=O) groups is 1. The molecular formula is C11H9N2OS. The maximum atomic E-state index is 10.8. The number of hydrogen-bond acceptors (Lipinski definition) is 3. The van der Waals surface area contributed by atoms with Crippen molar-refractivity contribution in [3.63, 3.8) is 0 Å². The van der Waals surface area contributed by atoms with Crippen LogP contribution in [0.15, 0.2) is 36.5 Å². The standard InChI is InChI=1S/C11H9N2OS/c12-10(14)11-13-7-9(15-11)6-8-4-2-1-3-5-8/h1-7H,(H2,12,14). The summed E-state index contributed by atoms with van der Waals surface area (Å²) in [4.78, 5) is 15.7. The van der Waals surface area contributed by atoms with Gasteiger partial charge in [-0.1, -0.05) is 30.3 Å². The number of amides is 1. The number of primary amides is 1. The van der Waals surface area contributed by atoms with Crippen LogP contribution in [0.5, 0.6) is 0 Å². The minimum Gasteiger partial charge on any atom is -0.364 e. The van der Waals surface area contributed by atoms with E-state index >= 15 is 0 Å². The van der Waals surface area contributed by atoms with Crippen molar-refractivity contribution in [2.45, 2.75) is 0 Å². The highest BCUT2D eigenvalue weighted by molar-refractivity contribution is 7.13. The second-order valence-corrected chi connectivity index (χ2v) is 4.05. The minimum absolute atomic E-state index is 0.345. The maximum absolute atomic E-state index is 10.8. The van der Waals surface area contributed by atoms with E-state index in [0.29, 0.717) is 5.01 Å². The van der Waals surface area contributed by atoms with Crippen molar-refractivity contribution < 1.29 is 4.79 Å². The van der Waals surface area contributed by atoms with Gasteiger partial charge in [0, 0.05) is 17.5 Å². The van der Waals surface area contributed by atoms with E-state index in [1.54, 1.807) is 6.20 Å². The Morgan fingerprint density at radius 2 is 2.07 bits per heavy atom. The van der Waals surface area contributed by atoms with Gasteiger partial charge < -0.3 is 5.73 Å². The largest absolute Gasteiger partial charge is 0.364 e. The van der Waals surface area contributed by atoms with E-state index in [0.717, 1.165) is 10.4 Å². The second kappa shape index (κ2) is 4.23. The molecule has 0 saturated heterocycles. The monoisotopic (exact) mass is 217 g/mol. The number of nitrogens with two attached hydrogens (primary N) is 1. The number of hydrogen-bond donors (Lipinski definition) is 1. The Labute approximate surface area is 91.6 Å². The van der Waals surface area contributed by atoms with Crippen molar-refractivity contribution in [1.29, 1.82) is 0 Å². The van der Waals surface area contributed by atoms with E-state index in [1.807, 2.05) is 36.8 Å². The quantitative estimate of drug-likeness (QED) is 0.852. The van der Waals surface area contributed by atoms with Gasteiger partial charge in [-0.05, 0) is 5.56 Å². The Morgan fingerprint density at radius 1 is 1.33 bits per heavy atom. The Hall–Kier alpha value is -1.68. The first-order valence-electron chi connectivity index (χ1n) is 4.41. The van der Waals surface area contributed by atoms with Gasteiger partial charge in [-0.25, -0.2) is 4.98 Å². The van der Waals surface area contributed by atoms with Crippen molar-refractivity contribution in [2.75, 3.05) is 0 Å². The van der Waals surface area contributed by atoms with Crippen LogP contribution in [0, 0.1) is 6.42 Å². The lowest BCUT2D eigenvalue weighted by atomic mass is 10.1. The van der Waals surface area contributed by atoms with Gasteiger partial charge in [-0.2, -0.15) is 0 Å². The molecule has 1 radical (unpaired) electrons. The Morgan fingerprint density at radius 3 is 2.67 bits per heavy atom. The molecule has 0 fully saturated rings. The Balaban J connectivity index is 2.15. The predicted octanol–water partition coefficient (Wildman–Crippen LogP) is 1.84. The molecule has 1 amide bonds. The SMILES string of the molecule is NC(=O)c1ncc([CH]c2ccccc2)s1. The van der Waals surface area contributed by atoms with Crippen LogP contribution in [-0.4, -0.2) is 10.9 Å². The molecule has 0 atom stereocenters. The molecule has 2 N–H and O–H groups in total. The molecule has 0 bridgehead atoms. The van der Waals surface area contributed by atoms with Crippen molar-refractivity contribution in [3.8, 4) is 0 Å². The number of benzene rings is 1. The third-order valence-corrected chi connectivity index (χ3v) is 2.80. The molecule has 0 aliphatic rings. The second-order valence-electron chi connectivity index (χ2n) is 2.99. The van der Waals surface area contributed by atoms with Gasteiger partial charge in [0.25, 0.3) is 5.91 Å². The third kappa shape index (κ3) is 2.41. The molecule has 1 heterocycles. The molecule has 4 heteroatoms. The number of thiazole rings is 1. The summed E-state index contributed by atoms with van der Waals surface area (Å²) in [5.74, 6) is -0.479. The van der Waals surface area contributed by atoms with Gasteiger partial charge in [0.15, 0.2) is 5.01 Å². The molecular weight excluding hydrogens is 208 g/mol. The zero-order chi connectivity index (χ0) is 10.7. The molecule has 0 aliphatic carbocycles. The number of rotatable bonds is 3. The molecule has 75 valence electrons. The van der Waals surface area contributed by atoms with Crippen LogP contribution < -0.4 is 5.73 Å². The van der Waals surface area contributed by atoms with Crippen LogP contribution in [0.4, 0.5) is 0 Å². The summed E-state index contributed by atoms with van der Waals surface area (Å²) in [6.45, 7) is 0.